The normalized spacial score (nSPS) is 10.8. The summed E-state index contributed by atoms with van der Waals surface area (Å²) in [5.74, 6) is -2.42. The molecule has 27 heavy (non-hydrogen) atoms. The van der Waals surface area contributed by atoms with Crippen LogP contribution in [0.25, 0.3) is 0 Å². The fourth-order valence-corrected chi connectivity index (χ4v) is 3.09. The first-order valence-corrected chi connectivity index (χ1v) is 8.57. The number of esters is 1. The van der Waals surface area contributed by atoms with Gasteiger partial charge in [-0.1, -0.05) is 0 Å². The summed E-state index contributed by atoms with van der Waals surface area (Å²) in [6, 6.07) is 5.61. The second-order valence-corrected chi connectivity index (χ2v) is 6.62. The van der Waals surface area contributed by atoms with E-state index in [-0.39, 0.29) is 23.2 Å². The number of halogens is 1. The molecule has 1 N–H and O–H groups in total. The zero-order valence-corrected chi connectivity index (χ0v) is 16.1. The maximum Gasteiger partial charge on any atom is 0.340 e. The molecule has 0 fully saturated rings. The lowest BCUT2D eigenvalue weighted by Crippen LogP contribution is -2.16. The summed E-state index contributed by atoms with van der Waals surface area (Å²) in [6.45, 7) is 8.44. The van der Waals surface area contributed by atoms with Gasteiger partial charge in [-0.25, -0.2) is 9.18 Å². The lowest BCUT2D eigenvalue weighted by Gasteiger charge is -2.13. The van der Waals surface area contributed by atoms with Crippen LogP contribution >= 0.6 is 0 Å². The van der Waals surface area contributed by atoms with Gasteiger partial charge in [0.05, 0.1) is 11.1 Å². The number of aryl methyl sites for hydroxylation is 1. The number of rotatable bonds is 6. The van der Waals surface area contributed by atoms with Crippen LogP contribution in [0.3, 0.4) is 0 Å². The van der Waals surface area contributed by atoms with Crippen LogP contribution in [0.1, 0.15) is 58.9 Å². The number of carbonyl (C=O) groups is 3. The van der Waals surface area contributed by atoms with Crippen molar-refractivity contribution in [2.75, 3.05) is 11.9 Å². The second-order valence-electron chi connectivity index (χ2n) is 6.62. The van der Waals surface area contributed by atoms with E-state index in [1.165, 1.54) is 19.1 Å². The number of aromatic nitrogens is 1. The average molecular weight is 374 g/mol. The Morgan fingerprint density at radius 3 is 2.33 bits per heavy atom. The Balaban J connectivity index is 2.08. The van der Waals surface area contributed by atoms with E-state index in [0.717, 1.165) is 17.5 Å². The number of carbonyl (C=O) groups excluding carboxylic acids is 3. The van der Waals surface area contributed by atoms with E-state index in [1.54, 1.807) is 6.07 Å². The van der Waals surface area contributed by atoms with E-state index in [1.807, 2.05) is 32.3 Å². The van der Waals surface area contributed by atoms with E-state index >= 15 is 0 Å². The topological polar surface area (TPSA) is 77.4 Å². The number of anilines is 1. The molecule has 0 aliphatic carbocycles. The van der Waals surface area contributed by atoms with Crippen molar-refractivity contribution in [1.82, 2.24) is 4.57 Å². The predicted octanol–water partition coefficient (Wildman–Crippen LogP) is 3.82. The van der Waals surface area contributed by atoms with Crippen molar-refractivity contribution in [3.63, 3.8) is 0 Å². The summed E-state index contributed by atoms with van der Waals surface area (Å²) in [4.78, 5) is 35.5. The van der Waals surface area contributed by atoms with E-state index in [0.29, 0.717) is 5.56 Å². The van der Waals surface area contributed by atoms with Crippen LogP contribution in [-0.4, -0.2) is 28.8 Å². The highest BCUT2D eigenvalue weighted by Crippen LogP contribution is 2.21. The molecule has 1 heterocycles. The molecule has 1 aromatic carbocycles. The van der Waals surface area contributed by atoms with Gasteiger partial charge in [0.25, 0.3) is 0 Å². The molecule has 0 atom stereocenters. The van der Waals surface area contributed by atoms with Crippen LogP contribution in [0.5, 0.6) is 0 Å². The van der Waals surface area contributed by atoms with Gasteiger partial charge < -0.3 is 14.6 Å². The lowest BCUT2D eigenvalue weighted by atomic mass is 10.1. The Labute approximate surface area is 157 Å². The number of nitrogens with zero attached hydrogens (tertiary/aromatic N) is 1. The minimum atomic E-state index is -0.791. The summed E-state index contributed by atoms with van der Waals surface area (Å²) in [5, 5.41) is 2.43. The highest BCUT2D eigenvalue weighted by atomic mass is 19.1. The van der Waals surface area contributed by atoms with Gasteiger partial charge in [0.15, 0.2) is 6.61 Å². The molecular weight excluding hydrogens is 351 g/mol. The van der Waals surface area contributed by atoms with Gasteiger partial charge in [-0.15, -0.1) is 0 Å². The molecule has 0 aliphatic rings. The molecule has 0 radical (unpaired) electrons. The van der Waals surface area contributed by atoms with Crippen molar-refractivity contribution >= 4 is 23.3 Å². The molecule has 144 valence electrons. The third-order valence-corrected chi connectivity index (χ3v) is 4.14. The second kappa shape index (κ2) is 8.16. The van der Waals surface area contributed by atoms with Gasteiger partial charge in [-0.05, 0) is 52.0 Å². The molecule has 1 amide bonds. The number of Topliss-reactive ketones (excluding diaryl/α,β-unsaturated/α-hetero) is 1. The van der Waals surface area contributed by atoms with Gasteiger partial charge in [0, 0.05) is 30.0 Å². The van der Waals surface area contributed by atoms with Crippen LogP contribution in [0, 0.1) is 19.7 Å². The van der Waals surface area contributed by atoms with Crippen LogP contribution in [0.2, 0.25) is 0 Å². The van der Waals surface area contributed by atoms with Gasteiger partial charge >= 0.3 is 5.97 Å². The largest absolute Gasteiger partial charge is 0.454 e. The van der Waals surface area contributed by atoms with Crippen molar-refractivity contribution < 1.29 is 23.5 Å². The van der Waals surface area contributed by atoms with Gasteiger partial charge in [0.1, 0.15) is 5.82 Å². The molecule has 2 aromatic rings. The number of ether oxygens (including phenoxy) is 1. The lowest BCUT2D eigenvalue weighted by molar-refractivity contribution is -0.114. The first-order valence-electron chi connectivity index (χ1n) is 8.57. The highest BCUT2D eigenvalue weighted by molar-refractivity contribution is 6.00. The zero-order valence-electron chi connectivity index (χ0n) is 16.1. The van der Waals surface area contributed by atoms with E-state index in [9.17, 15) is 18.8 Å². The summed E-state index contributed by atoms with van der Waals surface area (Å²) in [7, 11) is 0. The number of hydrogen-bond acceptors (Lipinski definition) is 4. The fraction of sp³-hybridized carbons (Fsp3) is 0.350. The number of ketones is 1. The van der Waals surface area contributed by atoms with Crippen LogP contribution in [-0.2, 0) is 9.53 Å². The summed E-state index contributed by atoms with van der Waals surface area (Å²) >= 11 is 0. The monoisotopic (exact) mass is 374 g/mol. The SMILES string of the molecule is CC(=O)Nc1ccc(C(=O)COC(=O)c2cc(C)n(C(C)C)c2C)c(F)c1. The molecule has 0 unspecified atom stereocenters. The Kier molecular flexibility index (Phi) is 6.15. The Bertz CT molecular complexity index is 900. The Hall–Kier alpha value is -2.96. The number of hydrogen-bond donors (Lipinski definition) is 1. The van der Waals surface area contributed by atoms with Crippen molar-refractivity contribution in [2.24, 2.45) is 0 Å². The van der Waals surface area contributed by atoms with Crippen LogP contribution < -0.4 is 5.32 Å². The maximum absolute atomic E-state index is 14.1. The first kappa shape index (κ1) is 20.4. The molecule has 6 nitrogen and oxygen atoms in total. The summed E-state index contributed by atoms with van der Waals surface area (Å²) in [6.07, 6.45) is 0. The van der Waals surface area contributed by atoms with E-state index < -0.39 is 24.2 Å². The molecule has 0 bridgehead atoms. The third kappa shape index (κ3) is 4.61. The van der Waals surface area contributed by atoms with Crippen molar-refractivity contribution in [2.45, 2.75) is 40.7 Å². The van der Waals surface area contributed by atoms with Crippen LogP contribution in [0.4, 0.5) is 10.1 Å². The quantitative estimate of drug-likeness (QED) is 0.616. The molecule has 1 aromatic heterocycles. The minimum Gasteiger partial charge on any atom is -0.454 e. The van der Waals surface area contributed by atoms with E-state index in [4.69, 9.17) is 4.74 Å². The first-order chi connectivity index (χ1) is 12.6. The third-order valence-electron chi connectivity index (χ3n) is 4.14. The molecule has 0 aliphatic heterocycles. The van der Waals surface area contributed by atoms with Gasteiger partial charge in [0.2, 0.25) is 11.7 Å². The Morgan fingerprint density at radius 1 is 1.15 bits per heavy atom. The number of benzene rings is 1. The number of amides is 1. The maximum atomic E-state index is 14.1. The predicted molar refractivity (Wildman–Crippen MR) is 99.6 cm³/mol. The van der Waals surface area contributed by atoms with Gasteiger partial charge in [-0.3, -0.25) is 9.59 Å². The van der Waals surface area contributed by atoms with Crippen molar-refractivity contribution in [3.05, 3.63) is 52.6 Å². The molecule has 0 saturated carbocycles. The standard InChI is InChI=1S/C20H23FN2O4/c1-11(2)23-12(3)8-17(13(23)4)20(26)27-10-19(25)16-7-6-15(9-18(16)21)22-14(5)24/h6-9,11H,10H2,1-5H3,(H,22,24). The average Bonchev–Trinajstić information content (AvgIpc) is 2.86. The van der Waals surface area contributed by atoms with Crippen LogP contribution in [0.15, 0.2) is 24.3 Å². The summed E-state index contributed by atoms with van der Waals surface area (Å²) in [5.41, 5.74) is 2.10. The molecule has 2 rings (SSSR count). The van der Waals surface area contributed by atoms with Gasteiger partial charge in [-0.2, -0.15) is 0 Å². The summed E-state index contributed by atoms with van der Waals surface area (Å²) < 4.78 is 21.2. The Morgan fingerprint density at radius 2 is 1.81 bits per heavy atom. The molecular formula is C20H23FN2O4. The number of nitrogens with one attached hydrogen (secondary N) is 1. The van der Waals surface area contributed by atoms with Crippen molar-refractivity contribution in [3.8, 4) is 0 Å². The van der Waals surface area contributed by atoms with E-state index in [2.05, 4.69) is 5.32 Å². The molecule has 7 heteroatoms. The minimum absolute atomic E-state index is 0.185. The smallest absolute Gasteiger partial charge is 0.340 e. The molecule has 0 saturated heterocycles. The fourth-order valence-electron chi connectivity index (χ4n) is 3.09. The van der Waals surface area contributed by atoms with Crippen molar-refractivity contribution in [1.29, 1.82) is 0 Å². The zero-order chi connectivity index (χ0) is 20.3. The molecule has 0 spiro atoms. The highest BCUT2D eigenvalue weighted by Gasteiger charge is 2.20.